The van der Waals surface area contributed by atoms with Crippen LogP contribution >= 0.6 is 0 Å². The largest absolute Gasteiger partial charge is 0.445 e. The summed E-state index contributed by atoms with van der Waals surface area (Å²) >= 11 is 0. The number of nitrogens with zero attached hydrogens (tertiary/aromatic N) is 1. The third kappa shape index (κ3) is 5.94. The van der Waals surface area contributed by atoms with E-state index >= 15 is 0 Å². The molecule has 7 nitrogen and oxygen atoms in total. The molecule has 0 bridgehead atoms. The van der Waals surface area contributed by atoms with Crippen molar-refractivity contribution >= 4 is 17.9 Å². The summed E-state index contributed by atoms with van der Waals surface area (Å²) in [5.74, 6) is -1.11. The average molecular weight is 293 g/mol. The standard InChI is InChI=1S/C14H19N3O4/c1-17(2)13(19)11(8-12(15)18)16-14(20)21-9-10-6-4-3-5-7-10/h3-7,11H,8-9H2,1-2H3,(H2,15,18)(H,16,20)/t11-/m0/s1. The molecule has 0 aromatic heterocycles. The Kier molecular flexibility index (Phi) is 6.19. The number of amides is 3. The summed E-state index contributed by atoms with van der Waals surface area (Å²) in [6.07, 6.45) is -1.06. The fourth-order valence-electron chi connectivity index (χ4n) is 1.62. The van der Waals surface area contributed by atoms with Crippen LogP contribution in [0.25, 0.3) is 0 Å². The predicted molar refractivity (Wildman–Crippen MR) is 76.1 cm³/mol. The lowest BCUT2D eigenvalue weighted by atomic mass is 10.2. The normalized spacial score (nSPS) is 11.3. The number of likely N-dealkylation sites (N-methyl/N-ethyl adjacent to an activating group) is 1. The summed E-state index contributed by atoms with van der Waals surface area (Å²) in [7, 11) is 3.04. The van der Waals surface area contributed by atoms with Crippen LogP contribution in [0.5, 0.6) is 0 Å². The molecular weight excluding hydrogens is 274 g/mol. The summed E-state index contributed by atoms with van der Waals surface area (Å²) in [4.78, 5) is 35.7. The van der Waals surface area contributed by atoms with Gasteiger partial charge in [0, 0.05) is 14.1 Å². The van der Waals surface area contributed by atoms with Crippen LogP contribution in [0.2, 0.25) is 0 Å². The second kappa shape index (κ2) is 7.88. The number of ether oxygens (including phenoxy) is 1. The molecule has 0 aliphatic heterocycles. The van der Waals surface area contributed by atoms with Crippen molar-refractivity contribution in [2.75, 3.05) is 14.1 Å². The van der Waals surface area contributed by atoms with Crippen LogP contribution in [-0.4, -0.2) is 42.9 Å². The van der Waals surface area contributed by atoms with Gasteiger partial charge in [-0.3, -0.25) is 9.59 Å². The molecule has 114 valence electrons. The van der Waals surface area contributed by atoms with Crippen molar-refractivity contribution < 1.29 is 19.1 Å². The van der Waals surface area contributed by atoms with Gasteiger partial charge in [0.25, 0.3) is 0 Å². The zero-order chi connectivity index (χ0) is 15.8. The Labute approximate surface area is 123 Å². The number of rotatable bonds is 6. The van der Waals surface area contributed by atoms with Gasteiger partial charge in [-0.2, -0.15) is 0 Å². The van der Waals surface area contributed by atoms with Crippen LogP contribution in [0.4, 0.5) is 4.79 Å². The first kappa shape index (κ1) is 16.5. The van der Waals surface area contributed by atoms with Gasteiger partial charge in [-0.15, -0.1) is 0 Å². The van der Waals surface area contributed by atoms with Gasteiger partial charge in [0.1, 0.15) is 12.6 Å². The Morgan fingerprint density at radius 3 is 2.38 bits per heavy atom. The molecule has 0 aliphatic rings. The number of hydrogen-bond donors (Lipinski definition) is 2. The average Bonchev–Trinajstić information content (AvgIpc) is 2.44. The van der Waals surface area contributed by atoms with E-state index in [-0.39, 0.29) is 13.0 Å². The molecule has 0 aliphatic carbocycles. The highest BCUT2D eigenvalue weighted by atomic mass is 16.5. The lowest BCUT2D eigenvalue weighted by molar-refractivity contribution is -0.133. The van der Waals surface area contributed by atoms with E-state index in [0.29, 0.717) is 0 Å². The summed E-state index contributed by atoms with van der Waals surface area (Å²) in [6.45, 7) is 0.0755. The highest BCUT2D eigenvalue weighted by Crippen LogP contribution is 2.02. The molecule has 1 rings (SSSR count). The van der Waals surface area contributed by atoms with Gasteiger partial charge < -0.3 is 20.7 Å². The van der Waals surface area contributed by atoms with Gasteiger partial charge >= 0.3 is 6.09 Å². The predicted octanol–water partition coefficient (Wildman–Crippen LogP) is 0.245. The van der Waals surface area contributed by atoms with E-state index < -0.39 is 23.9 Å². The summed E-state index contributed by atoms with van der Waals surface area (Å²) < 4.78 is 5.00. The zero-order valence-corrected chi connectivity index (χ0v) is 12.0. The van der Waals surface area contributed by atoms with Crippen LogP contribution in [0, 0.1) is 0 Å². The molecule has 0 saturated carbocycles. The summed E-state index contributed by atoms with van der Waals surface area (Å²) in [6, 6.07) is 8.07. The lowest BCUT2D eigenvalue weighted by Crippen LogP contribution is -2.48. The van der Waals surface area contributed by atoms with Crippen LogP contribution in [0.3, 0.4) is 0 Å². The quantitative estimate of drug-likeness (QED) is 0.784. The van der Waals surface area contributed by atoms with Crippen molar-refractivity contribution in [3.8, 4) is 0 Å². The number of primary amides is 1. The van der Waals surface area contributed by atoms with Gasteiger partial charge in [-0.1, -0.05) is 30.3 Å². The highest BCUT2D eigenvalue weighted by molar-refractivity contribution is 5.90. The fourth-order valence-corrected chi connectivity index (χ4v) is 1.62. The third-order valence-electron chi connectivity index (χ3n) is 2.65. The van der Waals surface area contributed by atoms with Crippen molar-refractivity contribution in [3.05, 3.63) is 35.9 Å². The first-order chi connectivity index (χ1) is 9.90. The Bertz CT molecular complexity index is 502. The second-order valence-electron chi connectivity index (χ2n) is 4.66. The lowest BCUT2D eigenvalue weighted by Gasteiger charge is -2.20. The van der Waals surface area contributed by atoms with E-state index in [4.69, 9.17) is 10.5 Å². The third-order valence-corrected chi connectivity index (χ3v) is 2.65. The Hall–Kier alpha value is -2.57. The van der Waals surface area contributed by atoms with E-state index in [2.05, 4.69) is 5.32 Å². The molecule has 0 fully saturated rings. The molecule has 1 aromatic rings. The van der Waals surface area contributed by atoms with Gasteiger partial charge in [0.2, 0.25) is 11.8 Å². The van der Waals surface area contributed by atoms with Crippen molar-refractivity contribution in [3.63, 3.8) is 0 Å². The molecule has 1 aromatic carbocycles. The van der Waals surface area contributed by atoms with E-state index in [1.165, 1.54) is 19.0 Å². The highest BCUT2D eigenvalue weighted by Gasteiger charge is 2.24. The number of benzene rings is 1. The van der Waals surface area contributed by atoms with Crippen molar-refractivity contribution in [1.82, 2.24) is 10.2 Å². The number of alkyl carbamates (subject to hydrolysis) is 1. The molecule has 0 heterocycles. The van der Waals surface area contributed by atoms with Crippen LogP contribution in [-0.2, 0) is 20.9 Å². The van der Waals surface area contributed by atoms with Crippen LogP contribution in [0.1, 0.15) is 12.0 Å². The van der Waals surface area contributed by atoms with Gasteiger partial charge in [0.05, 0.1) is 6.42 Å². The van der Waals surface area contributed by atoms with Gasteiger partial charge in [-0.25, -0.2) is 4.79 Å². The number of carbonyl (C=O) groups is 3. The minimum atomic E-state index is -1.03. The molecule has 0 radical (unpaired) electrons. The Balaban J connectivity index is 2.55. The van der Waals surface area contributed by atoms with Gasteiger partial charge in [-0.05, 0) is 5.56 Å². The van der Waals surface area contributed by atoms with E-state index in [0.717, 1.165) is 5.56 Å². The monoisotopic (exact) mass is 293 g/mol. The van der Waals surface area contributed by atoms with Crippen LogP contribution < -0.4 is 11.1 Å². The number of hydrogen-bond acceptors (Lipinski definition) is 4. The van der Waals surface area contributed by atoms with E-state index in [9.17, 15) is 14.4 Å². The second-order valence-corrected chi connectivity index (χ2v) is 4.66. The maximum Gasteiger partial charge on any atom is 0.408 e. The first-order valence-corrected chi connectivity index (χ1v) is 6.37. The Morgan fingerprint density at radius 2 is 1.86 bits per heavy atom. The molecule has 3 amide bonds. The molecule has 21 heavy (non-hydrogen) atoms. The molecule has 0 spiro atoms. The van der Waals surface area contributed by atoms with Crippen LogP contribution in [0.15, 0.2) is 30.3 Å². The molecule has 0 saturated heterocycles. The smallest absolute Gasteiger partial charge is 0.408 e. The molecular formula is C14H19N3O4. The van der Waals surface area contributed by atoms with Crippen molar-refractivity contribution in [1.29, 1.82) is 0 Å². The van der Waals surface area contributed by atoms with E-state index in [1.54, 1.807) is 12.1 Å². The summed E-state index contributed by atoms with van der Waals surface area (Å²) in [5.41, 5.74) is 5.89. The maximum atomic E-state index is 11.8. The minimum Gasteiger partial charge on any atom is -0.445 e. The molecule has 3 N–H and O–H groups in total. The van der Waals surface area contributed by atoms with Crippen molar-refractivity contribution in [2.24, 2.45) is 5.73 Å². The molecule has 0 unspecified atom stereocenters. The fraction of sp³-hybridized carbons (Fsp3) is 0.357. The first-order valence-electron chi connectivity index (χ1n) is 6.37. The molecule has 7 heteroatoms. The van der Waals surface area contributed by atoms with E-state index in [1.807, 2.05) is 18.2 Å². The number of nitrogens with two attached hydrogens (primary N) is 1. The van der Waals surface area contributed by atoms with Gasteiger partial charge in [0.15, 0.2) is 0 Å². The number of nitrogens with one attached hydrogen (secondary N) is 1. The Morgan fingerprint density at radius 1 is 1.24 bits per heavy atom. The molecule has 1 atom stereocenters. The zero-order valence-electron chi connectivity index (χ0n) is 12.0. The SMILES string of the molecule is CN(C)C(=O)[C@H](CC(N)=O)NC(=O)OCc1ccccc1. The number of carbonyl (C=O) groups excluding carboxylic acids is 3. The topological polar surface area (TPSA) is 102 Å². The maximum absolute atomic E-state index is 11.8. The van der Waals surface area contributed by atoms with Crippen molar-refractivity contribution in [2.45, 2.75) is 19.1 Å². The summed E-state index contributed by atoms with van der Waals surface area (Å²) in [5, 5.41) is 2.35. The minimum absolute atomic E-state index is 0.0755.